The highest BCUT2D eigenvalue weighted by atomic mass is 16.5. The van der Waals surface area contributed by atoms with Crippen LogP contribution in [0.3, 0.4) is 0 Å². The molecule has 1 aromatic carbocycles. The predicted molar refractivity (Wildman–Crippen MR) is 128 cm³/mol. The number of aromatic nitrogens is 5. The molecule has 0 unspecified atom stereocenters. The van der Waals surface area contributed by atoms with Crippen molar-refractivity contribution >= 4 is 11.0 Å². The lowest BCUT2D eigenvalue weighted by molar-refractivity contribution is 0.117. The predicted octanol–water partition coefficient (Wildman–Crippen LogP) is 5.04. The Morgan fingerprint density at radius 2 is 1.76 bits per heavy atom. The van der Waals surface area contributed by atoms with E-state index in [0.29, 0.717) is 22.9 Å². The van der Waals surface area contributed by atoms with Gasteiger partial charge in [-0.2, -0.15) is 0 Å². The highest BCUT2D eigenvalue weighted by Crippen LogP contribution is 2.44. The van der Waals surface area contributed by atoms with Crippen molar-refractivity contribution in [2.24, 2.45) is 0 Å². The summed E-state index contributed by atoms with van der Waals surface area (Å²) >= 11 is 0. The molecule has 4 aromatic heterocycles. The summed E-state index contributed by atoms with van der Waals surface area (Å²) in [6.07, 6.45) is 6.35. The van der Waals surface area contributed by atoms with E-state index in [9.17, 15) is 5.11 Å². The maximum absolute atomic E-state index is 12.5. The number of nitrogens with one attached hydrogen (secondary N) is 1. The van der Waals surface area contributed by atoms with Crippen LogP contribution in [0.2, 0.25) is 0 Å². The van der Waals surface area contributed by atoms with E-state index >= 15 is 0 Å². The number of aromatic amines is 1. The van der Waals surface area contributed by atoms with Crippen molar-refractivity contribution in [3.63, 3.8) is 0 Å². The van der Waals surface area contributed by atoms with E-state index in [4.69, 9.17) is 9.51 Å². The number of hydrogen-bond donors (Lipinski definition) is 2. The molecule has 0 bridgehead atoms. The molecule has 1 saturated carbocycles. The van der Waals surface area contributed by atoms with E-state index in [-0.39, 0.29) is 0 Å². The van der Waals surface area contributed by atoms with Crippen LogP contribution >= 0.6 is 0 Å². The average Bonchev–Trinajstić information content (AvgIpc) is 3.54. The van der Waals surface area contributed by atoms with Gasteiger partial charge in [-0.15, -0.1) is 0 Å². The second kappa shape index (κ2) is 7.88. The molecule has 5 aromatic rings. The topological polar surface area (TPSA) is 101 Å². The van der Waals surface area contributed by atoms with Crippen LogP contribution in [0, 0.1) is 6.92 Å². The fourth-order valence-corrected chi connectivity index (χ4v) is 4.70. The molecule has 170 valence electrons. The summed E-state index contributed by atoms with van der Waals surface area (Å²) in [5, 5.41) is 16.7. The summed E-state index contributed by atoms with van der Waals surface area (Å²) in [5.74, 6) is 2.13. The van der Waals surface area contributed by atoms with E-state index in [1.54, 1.807) is 12.4 Å². The number of hydrogen-bond acceptors (Lipinski definition) is 6. The number of aryl methyl sites for hydroxylation is 2. The Kier molecular flexibility index (Phi) is 4.81. The van der Waals surface area contributed by atoms with Crippen LogP contribution < -0.4 is 0 Å². The Bertz CT molecular complexity index is 1430. The van der Waals surface area contributed by atoms with Crippen molar-refractivity contribution < 1.29 is 9.63 Å². The number of aliphatic hydroxyl groups is 1. The van der Waals surface area contributed by atoms with Crippen molar-refractivity contribution in [1.82, 2.24) is 25.1 Å². The summed E-state index contributed by atoms with van der Waals surface area (Å²) < 4.78 is 5.54. The molecule has 0 atom stereocenters. The minimum atomic E-state index is -1.61. The minimum Gasteiger partial charge on any atom is -0.373 e. The second-order valence-electron chi connectivity index (χ2n) is 8.87. The van der Waals surface area contributed by atoms with Gasteiger partial charge >= 0.3 is 0 Å². The monoisotopic (exact) mass is 451 g/mol. The lowest BCUT2D eigenvalue weighted by Crippen LogP contribution is -2.31. The Hall–Kier alpha value is -3.84. The maximum atomic E-state index is 12.5. The van der Waals surface area contributed by atoms with Crippen molar-refractivity contribution in [2.45, 2.75) is 44.6 Å². The summed E-state index contributed by atoms with van der Waals surface area (Å²) in [6.45, 7) is 3.97. The number of fused-ring (bicyclic) bond motifs is 1. The molecule has 1 aliphatic carbocycles. The van der Waals surface area contributed by atoms with E-state index in [1.807, 2.05) is 49.4 Å². The van der Waals surface area contributed by atoms with E-state index in [2.05, 4.69) is 33.1 Å². The summed E-state index contributed by atoms with van der Waals surface area (Å²) in [7, 11) is 0. The zero-order valence-corrected chi connectivity index (χ0v) is 19.1. The van der Waals surface area contributed by atoms with Crippen LogP contribution in [0.4, 0.5) is 0 Å². The summed E-state index contributed by atoms with van der Waals surface area (Å²) in [5.41, 5.74) is 4.31. The molecule has 0 spiro atoms. The minimum absolute atomic E-state index is 0.435. The Morgan fingerprint density at radius 1 is 1.06 bits per heavy atom. The molecular weight excluding hydrogens is 426 g/mol. The van der Waals surface area contributed by atoms with Gasteiger partial charge in [0.1, 0.15) is 11.6 Å². The zero-order valence-electron chi connectivity index (χ0n) is 19.1. The van der Waals surface area contributed by atoms with Crippen molar-refractivity contribution in [3.8, 4) is 11.1 Å². The van der Waals surface area contributed by atoms with Crippen molar-refractivity contribution in [3.05, 3.63) is 95.2 Å². The molecule has 1 aliphatic rings. The number of imidazole rings is 1. The van der Waals surface area contributed by atoms with Gasteiger partial charge in [0.2, 0.25) is 0 Å². The van der Waals surface area contributed by atoms with Crippen LogP contribution in [0.25, 0.3) is 22.2 Å². The van der Waals surface area contributed by atoms with Gasteiger partial charge < -0.3 is 14.6 Å². The van der Waals surface area contributed by atoms with Gasteiger partial charge in [-0.3, -0.25) is 9.97 Å². The van der Waals surface area contributed by atoms with E-state index in [0.717, 1.165) is 58.7 Å². The van der Waals surface area contributed by atoms with Crippen molar-refractivity contribution in [2.75, 3.05) is 0 Å². The number of H-pyrrole nitrogens is 1. The molecule has 34 heavy (non-hydrogen) atoms. The van der Waals surface area contributed by atoms with E-state index in [1.165, 1.54) is 0 Å². The normalized spacial score (nSPS) is 14.1. The number of pyridine rings is 2. The SMILES string of the molecule is CCc1noc(C)c1-c1cc(C(O)(c2ccccn2)c2ccccn2)c2nc(C3CC3)[nH]c2c1. The lowest BCUT2D eigenvalue weighted by Gasteiger charge is -2.28. The fourth-order valence-electron chi connectivity index (χ4n) is 4.70. The Morgan fingerprint density at radius 3 is 2.35 bits per heavy atom. The number of benzene rings is 1. The van der Waals surface area contributed by atoms with Gasteiger partial charge in [-0.1, -0.05) is 24.2 Å². The molecule has 1 fully saturated rings. The first-order valence-corrected chi connectivity index (χ1v) is 11.6. The van der Waals surface area contributed by atoms with Gasteiger partial charge in [-0.05, 0) is 68.1 Å². The summed E-state index contributed by atoms with van der Waals surface area (Å²) in [4.78, 5) is 17.6. The molecule has 6 rings (SSSR count). The first kappa shape index (κ1) is 20.7. The molecule has 0 radical (unpaired) electrons. The molecular formula is C27H25N5O2. The van der Waals surface area contributed by atoms with Crippen molar-refractivity contribution in [1.29, 1.82) is 0 Å². The van der Waals surface area contributed by atoms with Gasteiger partial charge in [0, 0.05) is 29.4 Å². The molecule has 0 aliphatic heterocycles. The molecule has 2 N–H and O–H groups in total. The third-order valence-electron chi connectivity index (χ3n) is 6.59. The van der Waals surface area contributed by atoms with Crippen LogP contribution in [-0.4, -0.2) is 30.2 Å². The smallest absolute Gasteiger partial charge is 0.176 e. The maximum Gasteiger partial charge on any atom is 0.176 e. The first-order valence-electron chi connectivity index (χ1n) is 11.6. The highest BCUT2D eigenvalue weighted by molar-refractivity contribution is 5.88. The molecule has 7 heteroatoms. The third-order valence-corrected chi connectivity index (χ3v) is 6.59. The fraction of sp³-hybridized carbons (Fsp3) is 0.259. The second-order valence-corrected chi connectivity index (χ2v) is 8.87. The number of rotatable bonds is 6. The standard InChI is InChI=1S/C27H25N5O2/c1-3-20-24(16(2)34-32-20)18-14-19(25-21(15-18)30-26(31-25)17-10-11-17)27(33,22-8-4-6-12-28-22)23-9-5-7-13-29-23/h4-9,12-15,17,33H,3,10-11H2,1-2H3,(H,30,31). The Labute approximate surface area is 196 Å². The quantitative estimate of drug-likeness (QED) is 0.375. The molecule has 0 saturated heterocycles. The van der Waals surface area contributed by atoms with Gasteiger partial charge in [0.25, 0.3) is 0 Å². The van der Waals surface area contributed by atoms with Crippen LogP contribution in [0.1, 0.15) is 59.9 Å². The average molecular weight is 452 g/mol. The molecule has 4 heterocycles. The van der Waals surface area contributed by atoms with Crippen LogP contribution in [-0.2, 0) is 12.0 Å². The zero-order chi connectivity index (χ0) is 23.3. The van der Waals surface area contributed by atoms with Gasteiger partial charge in [0.15, 0.2) is 5.60 Å². The van der Waals surface area contributed by atoms with Crippen LogP contribution in [0.15, 0.2) is 65.4 Å². The largest absolute Gasteiger partial charge is 0.373 e. The van der Waals surface area contributed by atoms with Gasteiger partial charge in [-0.25, -0.2) is 4.98 Å². The summed E-state index contributed by atoms with van der Waals surface area (Å²) in [6, 6.07) is 15.1. The third kappa shape index (κ3) is 3.23. The molecule has 0 amide bonds. The van der Waals surface area contributed by atoms with Crippen LogP contribution in [0.5, 0.6) is 0 Å². The first-order chi connectivity index (χ1) is 16.6. The highest BCUT2D eigenvalue weighted by Gasteiger charge is 2.40. The number of nitrogens with zero attached hydrogens (tertiary/aromatic N) is 4. The lowest BCUT2D eigenvalue weighted by atomic mass is 9.83. The molecule has 7 nitrogen and oxygen atoms in total. The Balaban J connectivity index is 1.69. The van der Waals surface area contributed by atoms with Gasteiger partial charge in [0.05, 0.1) is 28.1 Å². The van der Waals surface area contributed by atoms with E-state index < -0.39 is 5.60 Å².